The van der Waals surface area contributed by atoms with Crippen molar-refractivity contribution in [1.29, 1.82) is 0 Å². The van der Waals surface area contributed by atoms with E-state index in [1.54, 1.807) is 0 Å². The van der Waals surface area contributed by atoms with Crippen molar-refractivity contribution in [3.05, 3.63) is 0 Å². The summed E-state index contributed by atoms with van der Waals surface area (Å²) in [6.45, 7) is 0. The van der Waals surface area contributed by atoms with E-state index >= 15 is 0 Å². The Hall–Kier alpha value is 0.1000. The molecule has 0 bridgehead atoms. The van der Waals surface area contributed by atoms with Crippen LogP contribution in [0.3, 0.4) is 0 Å². The molecule has 3 unspecified atom stereocenters. The minimum absolute atomic E-state index is 0.00803. The lowest BCUT2D eigenvalue weighted by molar-refractivity contribution is -0.125. The Balaban J connectivity index is 1.84. The van der Waals surface area contributed by atoms with E-state index in [1.165, 1.54) is 6.42 Å². The van der Waals surface area contributed by atoms with E-state index in [-0.39, 0.29) is 34.9 Å². The van der Waals surface area contributed by atoms with Crippen LogP contribution in [0.1, 0.15) is 57.8 Å². The zero-order valence-corrected chi connectivity index (χ0v) is 17.1. The summed E-state index contributed by atoms with van der Waals surface area (Å²) >= 11 is 24.2. The van der Waals surface area contributed by atoms with Gasteiger partial charge >= 0.3 is 6.09 Å². The second-order valence-electron chi connectivity index (χ2n) is 6.96. The highest BCUT2D eigenvalue weighted by atomic mass is 35.5. The Morgan fingerprint density at radius 1 is 1.04 bits per heavy atom. The van der Waals surface area contributed by atoms with E-state index in [0.717, 1.165) is 32.1 Å². The molecule has 2 fully saturated rings. The highest BCUT2D eigenvalue weighted by Gasteiger charge is 2.36. The molecule has 0 aliphatic heterocycles. The molecular formula is C17H25Cl4NO3. The lowest BCUT2D eigenvalue weighted by Crippen LogP contribution is -2.41. The number of amides is 1. The van der Waals surface area contributed by atoms with Crippen LogP contribution in [0.2, 0.25) is 0 Å². The van der Waals surface area contributed by atoms with Gasteiger partial charge in [-0.15, -0.1) is 46.4 Å². The maximum Gasteiger partial charge on any atom is 0.407 e. The zero-order valence-electron chi connectivity index (χ0n) is 14.1. The van der Waals surface area contributed by atoms with Crippen molar-refractivity contribution in [1.82, 2.24) is 5.32 Å². The number of nitrogens with one attached hydrogen (secondary N) is 1. The van der Waals surface area contributed by atoms with E-state index in [1.807, 2.05) is 0 Å². The van der Waals surface area contributed by atoms with Gasteiger partial charge in [0, 0.05) is 29.1 Å². The average molecular weight is 433 g/mol. The Bertz CT molecular complexity index is 457. The first kappa shape index (κ1) is 21.4. The van der Waals surface area contributed by atoms with Crippen LogP contribution in [0.25, 0.3) is 0 Å². The Morgan fingerprint density at radius 2 is 1.72 bits per heavy atom. The Morgan fingerprint density at radius 3 is 2.32 bits per heavy atom. The van der Waals surface area contributed by atoms with Crippen molar-refractivity contribution >= 4 is 58.3 Å². The van der Waals surface area contributed by atoms with Crippen molar-refractivity contribution in [2.45, 2.75) is 85.5 Å². The monoisotopic (exact) mass is 431 g/mol. The molecule has 1 amide bonds. The molecule has 0 aromatic carbocycles. The van der Waals surface area contributed by atoms with Gasteiger partial charge in [-0.25, -0.2) is 4.79 Å². The second kappa shape index (κ2) is 10.4. The van der Waals surface area contributed by atoms with Crippen LogP contribution in [0.4, 0.5) is 4.79 Å². The minimum atomic E-state index is -0.973. The second-order valence-corrected chi connectivity index (χ2v) is 9.30. The van der Waals surface area contributed by atoms with Crippen molar-refractivity contribution in [2.24, 2.45) is 5.92 Å². The van der Waals surface area contributed by atoms with Crippen molar-refractivity contribution in [3.8, 4) is 0 Å². The maximum atomic E-state index is 12.5. The fourth-order valence-electron chi connectivity index (χ4n) is 3.55. The first-order valence-electron chi connectivity index (χ1n) is 8.93. The summed E-state index contributed by atoms with van der Waals surface area (Å²) in [5.41, 5.74) is 0. The molecule has 0 saturated heterocycles. The van der Waals surface area contributed by atoms with Crippen LogP contribution in [-0.2, 0) is 9.53 Å². The number of ether oxygens (including phenoxy) is 1. The van der Waals surface area contributed by atoms with Gasteiger partial charge in [0.2, 0.25) is 0 Å². The van der Waals surface area contributed by atoms with E-state index in [4.69, 9.17) is 51.1 Å². The largest absolute Gasteiger partial charge is 0.443 e. The van der Waals surface area contributed by atoms with Crippen LogP contribution in [0.15, 0.2) is 0 Å². The number of alkyl halides is 4. The number of carbonyl (C=O) groups excluding carboxylic acids is 2. The number of ketones is 1. The number of alkyl carbamates (subject to hydrolysis) is 1. The third kappa shape index (κ3) is 6.97. The van der Waals surface area contributed by atoms with Gasteiger partial charge in [0.1, 0.15) is 16.7 Å². The highest BCUT2D eigenvalue weighted by Crippen LogP contribution is 2.34. The Kier molecular flexibility index (Phi) is 8.94. The van der Waals surface area contributed by atoms with Gasteiger partial charge in [-0.2, -0.15) is 0 Å². The fraction of sp³-hybridized carbons (Fsp3) is 0.882. The molecule has 1 N–H and O–H groups in total. The predicted molar refractivity (Wildman–Crippen MR) is 102 cm³/mol. The number of hydrogen-bond donors (Lipinski definition) is 1. The molecule has 2 aliphatic rings. The van der Waals surface area contributed by atoms with Crippen LogP contribution in [0.5, 0.6) is 0 Å². The molecule has 2 saturated carbocycles. The van der Waals surface area contributed by atoms with Crippen LogP contribution in [0, 0.1) is 5.92 Å². The van der Waals surface area contributed by atoms with Gasteiger partial charge in [-0.3, -0.25) is 4.79 Å². The molecule has 0 radical (unpaired) electrons. The number of carbonyl (C=O) groups is 2. The zero-order chi connectivity index (χ0) is 18.4. The van der Waals surface area contributed by atoms with E-state index in [9.17, 15) is 9.59 Å². The predicted octanol–water partition coefficient (Wildman–Crippen LogP) is 5.19. The number of hydrogen-bond acceptors (Lipinski definition) is 3. The summed E-state index contributed by atoms with van der Waals surface area (Å²) in [4.78, 5) is 23.7. The molecule has 144 valence electrons. The molecule has 4 atom stereocenters. The maximum absolute atomic E-state index is 12.5. The summed E-state index contributed by atoms with van der Waals surface area (Å²) in [5, 5.41) is 2.55. The van der Waals surface area contributed by atoms with Crippen LogP contribution in [-0.4, -0.2) is 39.6 Å². The van der Waals surface area contributed by atoms with E-state index < -0.39 is 17.0 Å². The Labute approximate surface area is 169 Å². The lowest BCUT2D eigenvalue weighted by Gasteiger charge is -2.30. The van der Waals surface area contributed by atoms with Gasteiger partial charge in [-0.05, 0) is 32.1 Å². The van der Waals surface area contributed by atoms with Crippen LogP contribution >= 0.6 is 46.4 Å². The topological polar surface area (TPSA) is 55.4 Å². The van der Waals surface area contributed by atoms with Gasteiger partial charge in [0.05, 0.1) is 0 Å². The standard InChI is InChI=1S/C17H25Cl4NO3/c18-10-6-7-12(13(19)8-10)14(23)9-15(16(20)21)25-17(24)22-11-4-2-1-3-5-11/h10-13,15-16H,1-9H2,(H,22,24)/t10?,12?,13?,15-/m0/s1. The molecule has 8 heteroatoms. The first-order chi connectivity index (χ1) is 11.9. The van der Waals surface area contributed by atoms with Crippen LogP contribution < -0.4 is 5.32 Å². The average Bonchev–Trinajstić information content (AvgIpc) is 2.54. The molecule has 0 aromatic rings. The number of rotatable bonds is 6. The summed E-state index contributed by atoms with van der Waals surface area (Å²) in [5.74, 6) is -0.374. The molecule has 0 spiro atoms. The molecular weight excluding hydrogens is 408 g/mol. The van der Waals surface area contributed by atoms with Crippen molar-refractivity contribution in [3.63, 3.8) is 0 Å². The summed E-state index contributed by atoms with van der Waals surface area (Å²) in [6.07, 6.45) is 5.78. The normalized spacial score (nSPS) is 29.2. The van der Waals surface area contributed by atoms with E-state index in [2.05, 4.69) is 5.32 Å². The number of Topliss-reactive ketones (excluding diaryl/α,β-unsaturated/α-hetero) is 1. The third-order valence-corrected chi connectivity index (χ3v) is 6.43. The summed E-state index contributed by atoms with van der Waals surface area (Å²) < 4.78 is 5.33. The first-order valence-corrected chi connectivity index (χ1v) is 10.7. The SMILES string of the molecule is O=C(NC1CCCCC1)O[C@@H](CC(=O)C1CCC(Cl)CC1Cl)C(Cl)Cl. The van der Waals surface area contributed by atoms with Crippen molar-refractivity contribution < 1.29 is 14.3 Å². The van der Waals surface area contributed by atoms with Gasteiger partial charge < -0.3 is 10.1 Å². The molecule has 4 nitrogen and oxygen atoms in total. The summed E-state index contributed by atoms with van der Waals surface area (Å²) in [7, 11) is 0. The van der Waals surface area contributed by atoms with Crippen molar-refractivity contribution in [2.75, 3.05) is 0 Å². The third-order valence-electron chi connectivity index (χ3n) is 4.99. The highest BCUT2D eigenvalue weighted by molar-refractivity contribution is 6.44. The van der Waals surface area contributed by atoms with Gasteiger partial charge in [0.15, 0.2) is 0 Å². The quantitative estimate of drug-likeness (QED) is 0.587. The molecule has 2 rings (SSSR count). The minimum Gasteiger partial charge on any atom is -0.443 e. The fourth-order valence-corrected chi connectivity index (χ4v) is 4.72. The summed E-state index contributed by atoms with van der Waals surface area (Å²) in [6, 6.07) is 0.118. The molecule has 0 heterocycles. The molecule has 25 heavy (non-hydrogen) atoms. The molecule has 2 aliphatic carbocycles. The smallest absolute Gasteiger partial charge is 0.407 e. The number of halogens is 4. The molecule has 0 aromatic heterocycles. The van der Waals surface area contributed by atoms with Gasteiger partial charge in [0.25, 0.3) is 0 Å². The van der Waals surface area contributed by atoms with E-state index in [0.29, 0.717) is 12.8 Å². The van der Waals surface area contributed by atoms with Gasteiger partial charge in [-0.1, -0.05) is 19.3 Å². The lowest BCUT2D eigenvalue weighted by atomic mass is 9.84.